The van der Waals surface area contributed by atoms with E-state index in [4.69, 9.17) is 0 Å². The quantitative estimate of drug-likeness (QED) is 0.713. The highest BCUT2D eigenvalue weighted by Crippen LogP contribution is 2.26. The number of carbonyl (C=O) groups is 1. The van der Waals surface area contributed by atoms with Gasteiger partial charge in [-0.25, -0.2) is 13.8 Å². The Morgan fingerprint density at radius 3 is 2.67 bits per heavy atom. The predicted octanol–water partition coefficient (Wildman–Crippen LogP) is 1.60. The minimum Gasteiger partial charge on any atom is -0.355 e. The Morgan fingerprint density at radius 1 is 1.47 bits per heavy atom. The second-order valence-corrected chi connectivity index (χ2v) is 3.57. The molecule has 1 saturated heterocycles. The van der Waals surface area contributed by atoms with Gasteiger partial charge in [-0.3, -0.25) is 4.79 Å². The Kier molecular flexibility index (Phi) is 2.62. The van der Waals surface area contributed by atoms with E-state index in [9.17, 15) is 13.6 Å². The standard InChI is InChI=1S/C10H10F2N2O/c11-10(12)8-4-14(5-8)9-2-1-7(6-15)3-13-9/h1-3,6,8,10H,4-5H2. The van der Waals surface area contributed by atoms with E-state index in [-0.39, 0.29) is 0 Å². The summed E-state index contributed by atoms with van der Waals surface area (Å²) in [6, 6.07) is 3.30. The van der Waals surface area contributed by atoms with Gasteiger partial charge in [0.05, 0.1) is 5.92 Å². The lowest BCUT2D eigenvalue weighted by Crippen LogP contribution is -2.50. The molecule has 0 spiro atoms. The Morgan fingerprint density at radius 2 is 2.20 bits per heavy atom. The first-order valence-corrected chi connectivity index (χ1v) is 4.65. The summed E-state index contributed by atoms with van der Waals surface area (Å²) in [5.41, 5.74) is 0.490. The molecule has 0 N–H and O–H groups in total. The second-order valence-electron chi connectivity index (χ2n) is 3.57. The van der Waals surface area contributed by atoms with Gasteiger partial charge in [0.15, 0.2) is 6.29 Å². The molecule has 2 heterocycles. The molecule has 80 valence electrons. The third kappa shape index (κ3) is 1.95. The fraction of sp³-hybridized carbons (Fsp3) is 0.400. The summed E-state index contributed by atoms with van der Waals surface area (Å²) >= 11 is 0. The number of hydrogen-bond acceptors (Lipinski definition) is 3. The molecule has 0 atom stereocenters. The molecule has 1 aromatic rings. The molecule has 0 amide bonds. The maximum Gasteiger partial charge on any atom is 0.244 e. The molecule has 2 rings (SSSR count). The highest BCUT2D eigenvalue weighted by Gasteiger charge is 2.34. The topological polar surface area (TPSA) is 33.2 Å². The minimum absolute atomic E-state index is 0.338. The van der Waals surface area contributed by atoms with Crippen LogP contribution in [0.25, 0.3) is 0 Å². The van der Waals surface area contributed by atoms with Gasteiger partial charge in [0.2, 0.25) is 6.43 Å². The number of rotatable bonds is 3. The number of hydrogen-bond donors (Lipinski definition) is 0. The monoisotopic (exact) mass is 212 g/mol. The van der Waals surface area contributed by atoms with E-state index in [1.807, 2.05) is 0 Å². The van der Waals surface area contributed by atoms with Crippen molar-refractivity contribution in [1.29, 1.82) is 0 Å². The molecular formula is C10H10F2N2O. The third-order valence-electron chi connectivity index (χ3n) is 2.50. The van der Waals surface area contributed by atoms with Crippen LogP contribution in [0.4, 0.5) is 14.6 Å². The smallest absolute Gasteiger partial charge is 0.244 e. The van der Waals surface area contributed by atoms with E-state index in [1.165, 1.54) is 6.20 Å². The number of anilines is 1. The lowest BCUT2D eigenvalue weighted by Gasteiger charge is -2.39. The van der Waals surface area contributed by atoms with E-state index in [1.54, 1.807) is 17.0 Å². The molecule has 0 aromatic carbocycles. The van der Waals surface area contributed by atoms with Gasteiger partial charge in [-0.2, -0.15) is 0 Å². The summed E-state index contributed by atoms with van der Waals surface area (Å²) in [5, 5.41) is 0. The summed E-state index contributed by atoms with van der Waals surface area (Å²) < 4.78 is 24.4. The molecule has 0 saturated carbocycles. The van der Waals surface area contributed by atoms with Gasteiger partial charge in [0.1, 0.15) is 5.82 Å². The molecule has 0 aliphatic carbocycles. The lowest BCUT2D eigenvalue weighted by molar-refractivity contribution is 0.0611. The van der Waals surface area contributed by atoms with E-state index < -0.39 is 12.3 Å². The fourth-order valence-electron chi connectivity index (χ4n) is 1.51. The number of aldehydes is 1. The Balaban J connectivity index is 1.98. The van der Waals surface area contributed by atoms with E-state index >= 15 is 0 Å². The largest absolute Gasteiger partial charge is 0.355 e. The SMILES string of the molecule is O=Cc1ccc(N2CC(C(F)F)C2)nc1. The normalized spacial score (nSPS) is 16.6. The Labute approximate surface area is 85.7 Å². The molecule has 3 nitrogen and oxygen atoms in total. The molecule has 1 aromatic heterocycles. The van der Waals surface area contributed by atoms with Gasteiger partial charge in [-0.15, -0.1) is 0 Å². The van der Waals surface area contributed by atoms with Crippen LogP contribution in [0.1, 0.15) is 10.4 Å². The maximum absolute atomic E-state index is 12.2. The first-order chi connectivity index (χ1) is 7.20. The van der Waals surface area contributed by atoms with Crippen molar-refractivity contribution in [2.45, 2.75) is 6.43 Å². The summed E-state index contributed by atoms with van der Waals surface area (Å²) in [7, 11) is 0. The van der Waals surface area contributed by atoms with Crippen LogP contribution < -0.4 is 4.90 Å². The number of halogens is 2. The van der Waals surface area contributed by atoms with Crippen molar-refractivity contribution < 1.29 is 13.6 Å². The molecule has 5 heteroatoms. The molecule has 1 aliphatic heterocycles. The molecule has 1 fully saturated rings. The van der Waals surface area contributed by atoms with Crippen molar-refractivity contribution in [1.82, 2.24) is 4.98 Å². The summed E-state index contributed by atoms with van der Waals surface area (Å²) in [5.74, 6) is 0.107. The van der Waals surface area contributed by atoms with Crippen LogP contribution in [0.5, 0.6) is 0 Å². The Hall–Kier alpha value is -1.52. The summed E-state index contributed by atoms with van der Waals surface area (Å²) in [6.45, 7) is 0.677. The van der Waals surface area contributed by atoms with Crippen LogP contribution in [-0.2, 0) is 0 Å². The van der Waals surface area contributed by atoms with E-state index in [0.717, 1.165) is 0 Å². The number of pyridine rings is 1. The van der Waals surface area contributed by atoms with Crippen LogP contribution in [0.15, 0.2) is 18.3 Å². The van der Waals surface area contributed by atoms with Crippen LogP contribution in [0, 0.1) is 5.92 Å². The highest BCUT2D eigenvalue weighted by molar-refractivity contribution is 5.74. The zero-order valence-electron chi connectivity index (χ0n) is 7.94. The van der Waals surface area contributed by atoms with Gasteiger partial charge < -0.3 is 4.90 Å². The van der Waals surface area contributed by atoms with Crippen molar-refractivity contribution >= 4 is 12.1 Å². The molecule has 0 bridgehead atoms. The fourth-order valence-corrected chi connectivity index (χ4v) is 1.51. The van der Waals surface area contributed by atoms with Crippen molar-refractivity contribution in [2.24, 2.45) is 5.92 Å². The second kappa shape index (κ2) is 3.92. The van der Waals surface area contributed by atoms with Crippen LogP contribution in [0.3, 0.4) is 0 Å². The first-order valence-electron chi connectivity index (χ1n) is 4.65. The van der Waals surface area contributed by atoms with Gasteiger partial charge in [0.25, 0.3) is 0 Å². The van der Waals surface area contributed by atoms with Crippen molar-refractivity contribution in [2.75, 3.05) is 18.0 Å². The molecule has 0 unspecified atom stereocenters. The van der Waals surface area contributed by atoms with E-state index in [0.29, 0.717) is 30.8 Å². The average molecular weight is 212 g/mol. The van der Waals surface area contributed by atoms with Crippen LogP contribution >= 0.6 is 0 Å². The maximum atomic E-state index is 12.2. The van der Waals surface area contributed by atoms with Gasteiger partial charge in [-0.1, -0.05) is 0 Å². The zero-order chi connectivity index (χ0) is 10.8. The van der Waals surface area contributed by atoms with Gasteiger partial charge >= 0.3 is 0 Å². The summed E-state index contributed by atoms with van der Waals surface area (Å²) in [6.07, 6.45) is -0.108. The van der Waals surface area contributed by atoms with Crippen LogP contribution in [-0.4, -0.2) is 30.8 Å². The first kappa shape index (κ1) is 10.0. The van der Waals surface area contributed by atoms with E-state index in [2.05, 4.69) is 4.98 Å². The molecule has 0 radical (unpaired) electrons. The summed E-state index contributed by atoms with van der Waals surface area (Å²) in [4.78, 5) is 16.1. The molecular weight excluding hydrogens is 202 g/mol. The number of alkyl halides is 2. The molecule has 1 aliphatic rings. The van der Waals surface area contributed by atoms with Crippen LogP contribution in [0.2, 0.25) is 0 Å². The van der Waals surface area contributed by atoms with Crippen molar-refractivity contribution in [3.63, 3.8) is 0 Å². The predicted molar refractivity (Wildman–Crippen MR) is 51.3 cm³/mol. The highest BCUT2D eigenvalue weighted by atomic mass is 19.3. The lowest BCUT2D eigenvalue weighted by atomic mass is 10.0. The number of carbonyl (C=O) groups excluding carboxylic acids is 1. The van der Waals surface area contributed by atoms with Gasteiger partial charge in [-0.05, 0) is 12.1 Å². The molecule has 15 heavy (non-hydrogen) atoms. The number of nitrogens with zero attached hydrogens (tertiary/aromatic N) is 2. The van der Waals surface area contributed by atoms with Crippen molar-refractivity contribution in [3.05, 3.63) is 23.9 Å². The minimum atomic E-state index is -2.25. The zero-order valence-corrected chi connectivity index (χ0v) is 7.94. The average Bonchev–Trinajstić information content (AvgIpc) is 2.16. The number of aromatic nitrogens is 1. The third-order valence-corrected chi connectivity index (χ3v) is 2.50. The Bertz CT molecular complexity index is 347. The van der Waals surface area contributed by atoms with Gasteiger partial charge in [0, 0.05) is 24.8 Å². The van der Waals surface area contributed by atoms with Crippen molar-refractivity contribution in [3.8, 4) is 0 Å².